The van der Waals surface area contributed by atoms with Crippen molar-refractivity contribution in [2.45, 2.75) is 26.9 Å². The number of rotatable bonds is 1. The highest BCUT2D eigenvalue weighted by atomic mass is 16.5. The average Bonchev–Trinajstić information content (AvgIpc) is 2.90. The molecule has 0 N–H and O–H groups in total. The van der Waals surface area contributed by atoms with Gasteiger partial charge in [0, 0.05) is 31.3 Å². The van der Waals surface area contributed by atoms with E-state index < -0.39 is 0 Å². The van der Waals surface area contributed by atoms with E-state index in [1.54, 1.807) is 0 Å². The Morgan fingerprint density at radius 3 is 2.67 bits per heavy atom. The Hall–Kier alpha value is -2.30. The van der Waals surface area contributed by atoms with Gasteiger partial charge >= 0.3 is 0 Å². The van der Waals surface area contributed by atoms with E-state index in [-0.39, 0.29) is 5.91 Å². The Balaban J connectivity index is 1.73. The first kappa shape index (κ1) is 15.2. The van der Waals surface area contributed by atoms with Gasteiger partial charge < -0.3 is 9.64 Å². The highest BCUT2D eigenvalue weighted by Crippen LogP contribution is 2.38. The Kier molecular flexibility index (Phi) is 3.59. The third-order valence-corrected chi connectivity index (χ3v) is 5.02. The molecule has 126 valence electrons. The van der Waals surface area contributed by atoms with Crippen LogP contribution in [0, 0.1) is 11.8 Å². The predicted octanol–water partition coefficient (Wildman–Crippen LogP) is 3.10. The summed E-state index contributed by atoms with van der Waals surface area (Å²) in [5.74, 6) is 1.96. The Bertz CT molecular complexity index is 786. The highest BCUT2D eigenvalue weighted by molar-refractivity contribution is 5.96. The minimum atomic E-state index is 0.0354. The van der Waals surface area contributed by atoms with Gasteiger partial charge in [0.15, 0.2) is 5.69 Å². The summed E-state index contributed by atoms with van der Waals surface area (Å²) in [7, 11) is 1.90. The zero-order valence-electron chi connectivity index (χ0n) is 14.5. The summed E-state index contributed by atoms with van der Waals surface area (Å²) in [6.45, 7) is 6.45. The van der Waals surface area contributed by atoms with Gasteiger partial charge in [0.05, 0.1) is 5.69 Å². The van der Waals surface area contributed by atoms with Crippen molar-refractivity contribution in [2.75, 3.05) is 13.1 Å². The van der Waals surface area contributed by atoms with E-state index in [0.29, 0.717) is 24.1 Å². The van der Waals surface area contributed by atoms with E-state index in [1.165, 1.54) is 6.42 Å². The number of para-hydroxylation sites is 1. The Morgan fingerprint density at radius 1 is 1.21 bits per heavy atom. The number of carbonyl (C=O) groups excluding carboxylic acids is 1. The lowest BCUT2D eigenvalue weighted by Gasteiger charge is -2.34. The van der Waals surface area contributed by atoms with Crippen molar-refractivity contribution < 1.29 is 9.53 Å². The second kappa shape index (κ2) is 5.65. The summed E-state index contributed by atoms with van der Waals surface area (Å²) in [6, 6.07) is 7.93. The van der Waals surface area contributed by atoms with E-state index in [1.807, 2.05) is 40.9 Å². The molecule has 0 aliphatic carbocycles. The number of likely N-dealkylation sites (tertiary alicyclic amines) is 1. The molecule has 2 aliphatic heterocycles. The van der Waals surface area contributed by atoms with Crippen LogP contribution in [0.2, 0.25) is 0 Å². The fourth-order valence-electron chi connectivity index (χ4n) is 4.13. The summed E-state index contributed by atoms with van der Waals surface area (Å²) in [5.41, 5.74) is 3.46. The van der Waals surface area contributed by atoms with Crippen LogP contribution in [0.1, 0.15) is 36.3 Å². The van der Waals surface area contributed by atoms with Crippen molar-refractivity contribution >= 4 is 5.91 Å². The van der Waals surface area contributed by atoms with Crippen molar-refractivity contribution in [3.8, 4) is 17.0 Å². The van der Waals surface area contributed by atoms with E-state index in [0.717, 1.165) is 35.7 Å². The van der Waals surface area contributed by atoms with Crippen molar-refractivity contribution in [1.29, 1.82) is 0 Å². The van der Waals surface area contributed by atoms with Crippen LogP contribution in [0.5, 0.6) is 5.75 Å². The van der Waals surface area contributed by atoms with Gasteiger partial charge in [0.25, 0.3) is 5.91 Å². The number of aryl methyl sites for hydroxylation is 1. The first-order chi connectivity index (χ1) is 11.5. The van der Waals surface area contributed by atoms with Gasteiger partial charge in [-0.15, -0.1) is 0 Å². The third kappa shape index (κ3) is 2.39. The third-order valence-electron chi connectivity index (χ3n) is 5.02. The monoisotopic (exact) mass is 325 g/mol. The minimum Gasteiger partial charge on any atom is -0.488 e. The van der Waals surface area contributed by atoms with Crippen molar-refractivity contribution in [2.24, 2.45) is 18.9 Å². The summed E-state index contributed by atoms with van der Waals surface area (Å²) in [4.78, 5) is 15.0. The maximum atomic E-state index is 13.1. The fraction of sp³-hybridized carbons (Fsp3) is 0.474. The molecule has 1 saturated heterocycles. The largest absolute Gasteiger partial charge is 0.488 e. The van der Waals surface area contributed by atoms with E-state index in [4.69, 9.17) is 4.74 Å². The van der Waals surface area contributed by atoms with Gasteiger partial charge in [-0.1, -0.05) is 26.0 Å². The number of nitrogens with zero attached hydrogens (tertiary/aromatic N) is 3. The van der Waals surface area contributed by atoms with Crippen LogP contribution in [0.15, 0.2) is 24.3 Å². The molecule has 1 aromatic carbocycles. The molecule has 2 aliphatic rings. The summed E-state index contributed by atoms with van der Waals surface area (Å²) >= 11 is 0. The molecule has 5 heteroatoms. The summed E-state index contributed by atoms with van der Waals surface area (Å²) in [6.07, 6.45) is 1.18. The molecule has 2 aromatic rings. The summed E-state index contributed by atoms with van der Waals surface area (Å²) < 4.78 is 7.68. The lowest BCUT2D eigenvalue weighted by atomic mass is 9.91. The quantitative estimate of drug-likeness (QED) is 0.809. The van der Waals surface area contributed by atoms with Gasteiger partial charge in [-0.05, 0) is 30.4 Å². The number of ether oxygens (including phenoxy) is 1. The molecule has 0 radical (unpaired) electrons. The molecule has 1 aromatic heterocycles. The van der Waals surface area contributed by atoms with Crippen LogP contribution in [0.4, 0.5) is 0 Å². The molecule has 0 saturated carbocycles. The standard InChI is InChI=1S/C19H23N3O2/c1-12-8-13(2)10-22(9-12)19(23)17-15-11-24-16-7-5-4-6-14(16)18(15)21(3)20-17/h4-7,12-13H,8-11H2,1-3H3/t12-,13+. The lowest BCUT2D eigenvalue weighted by Crippen LogP contribution is -2.43. The van der Waals surface area contributed by atoms with Crippen molar-refractivity contribution in [3.05, 3.63) is 35.5 Å². The Morgan fingerprint density at radius 2 is 1.92 bits per heavy atom. The number of hydrogen-bond donors (Lipinski definition) is 0. The topological polar surface area (TPSA) is 47.4 Å². The maximum Gasteiger partial charge on any atom is 0.274 e. The molecule has 3 heterocycles. The maximum absolute atomic E-state index is 13.1. The van der Waals surface area contributed by atoms with E-state index in [2.05, 4.69) is 18.9 Å². The first-order valence-corrected chi connectivity index (χ1v) is 8.62. The number of carbonyl (C=O) groups is 1. The summed E-state index contributed by atoms with van der Waals surface area (Å²) in [5, 5.41) is 4.56. The predicted molar refractivity (Wildman–Crippen MR) is 91.8 cm³/mol. The van der Waals surface area contributed by atoms with Gasteiger partial charge in [0.2, 0.25) is 0 Å². The van der Waals surface area contributed by atoms with Crippen LogP contribution in [0.3, 0.4) is 0 Å². The van der Waals surface area contributed by atoms with Gasteiger partial charge in [-0.25, -0.2) is 0 Å². The van der Waals surface area contributed by atoms with Crippen LogP contribution in [-0.4, -0.2) is 33.7 Å². The van der Waals surface area contributed by atoms with Crippen LogP contribution in [-0.2, 0) is 13.7 Å². The molecular weight excluding hydrogens is 302 g/mol. The number of hydrogen-bond acceptors (Lipinski definition) is 3. The number of amides is 1. The minimum absolute atomic E-state index is 0.0354. The molecule has 2 atom stereocenters. The number of piperidine rings is 1. The molecule has 1 fully saturated rings. The average molecular weight is 325 g/mol. The zero-order valence-corrected chi connectivity index (χ0v) is 14.5. The SMILES string of the molecule is C[C@@H]1C[C@H](C)CN(C(=O)c2nn(C)c3c2COc2ccccc2-3)C1. The molecule has 0 spiro atoms. The molecule has 0 bridgehead atoms. The van der Waals surface area contributed by atoms with Crippen LogP contribution >= 0.6 is 0 Å². The van der Waals surface area contributed by atoms with Crippen molar-refractivity contribution in [1.82, 2.24) is 14.7 Å². The fourth-order valence-corrected chi connectivity index (χ4v) is 4.13. The van der Waals surface area contributed by atoms with Crippen LogP contribution in [0.25, 0.3) is 11.3 Å². The second-order valence-corrected chi connectivity index (χ2v) is 7.24. The number of benzene rings is 1. The number of fused-ring (bicyclic) bond motifs is 3. The first-order valence-electron chi connectivity index (χ1n) is 8.62. The van der Waals surface area contributed by atoms with Crippen molar-refractivity contribution in [3.63, 3.8) is 0 Å². The number of aromatic nitrogens is 2. The van der Waals surface area contributed by atoms with E-state index in [9.17, 15) is 4.79 Å². The molecule has 5 nitrogen and oxygen atoms in total. The second-order valence-electron chi connectivity index (χ2n) is 7.24. The zero-order chi connectivity index (χ0) is 16.8. The van der Waals surface area contributed by atoms with Gasteiger partial charge in [-0.2, -0.15) is 5.10 Å². The highest BCUT2D eigenvalue weighted by Gasteiger charge is 2.33. The molecular formula is C19H23N3O2. The normalized spacial score (nSPS) is 22.5. The van der Waals surface area contributed by atoms with Gasteiger partial charge in [0.1, 0.15) is 12.4 Å². The molecule has 0 unspecified atom stereocenters. The molecule has 1 amide bonds. The lowest BCUT2D eigenvalue weighted by molar-refractivity contribution is 0.0614. The van der Waals surface area contributed by atoms with E-state index >= 15 is 0 Å². The van der Waals surface area contributed by atoms with Gasteiger partial charge in [-0.3, -0.25) is 9.48 Å². The Labute approximate surface area is 142 Å². The smallest absolute Gasteiger partial charge is 0.274 e. The molecule has 4 rings (SSSR count). The molecule has 24 heavy (non-hydrogen) atoms. The van der Waals surface area contributed by atoms with Crippen LogP contribution < -0.4 is 4.74 Å².